The minimum atomic E-state index is -0.798. The molecule has 154 valence electrons. The first kappa shape index (κ1) is 24.3. The van der Waals surface area contributed by atoms with Gasteiger partial charge in [-0.05, 0) is 45.9 Å². The van der Waals surface area contributed by atoms with E-state index >= 15 is 0 Å². The van der Waals surface area contributed by atoms with Gasteiger partial charge in [0.25, 0.3) is 5.91 Å². The summed E-state index contributed by atoms with van der Waals surface area (Å²) in [6.07, 6.45) is -0.798. The second kappa shape index (κ2) is 11.9. The maximum absolute atomic E-state index is 12.9. The molecule has 2 aromatic carbocycles. The van der Waals surface area contributed by atoms with Gasteiger partial charge in [-0.25, -0.2) is 0 Å². The van der Waals surface area contributed by atoms with Crippen LogP contribution in [0, 0.1) is 0 Å². The molecular weight excluding hydrogens is 395 g/mol. The molecule has 0 heterocycles. The molecule has 0 fully saturated rings. The molecule has 4 nitrogen and oxygen atoms in total. The highest BCUT2D eigenvalue weighted by Crippen LogP contribution is 2.27. The molecule has 1 unspecified atom stereocenters. The molecule has 0 aliphatic carbocycles. The van der Waals surface area contributed by atoms with Crippen molar-refractivity contribution in [1.29, 1.82) is 0 Å². The maximum Gasteiger partial charge on any atom is 0.265 e. The molecular formula is C22H30Cl2N2O2. The fourth-order valence-electron chi connectivity index (χ4n) is 3.09. The summed E-state index contributed by atoms with van der Waals surface area (Å²) < 4.78 is 5.99. The van der Waals surface area contributed by atoms with E-state index in [4.69, 9.17) is 16.3 Å². The van der Waals surface area contributed by atoms with Crippen LogP contribution in [0.3, 0.4) is 0 Å². The van der Waals surface area contributed by atoms with Gasteiger partial charge in [0.05, 0.1) is 0 Å². The molecule has 0 radical (unpaired) electrons. The van der Waals surface area contributed by atoms with E-state index in [9.17, 15) is 4.79 Å². The van der Waals surface area contributed by atoms with Crippen molar-refractivity contribution in [1.82, 2.24) is 10.2 Å². The Bertz CT molecular complexity index is 715. The van der Waals surface area contributed by atoms with Gasteiger partial charge in [0.1, 0.15) is 5.75 Å². The average molecular weight is 425 g/mol. The molecule has 1 N–H and O–H groups in total. The third-order valence-corrected chi connectivity index (χ3v) is 4.76. The fourth-order valence-corrected chi connectivity index (χ4v) is 3.33. The Morgan fingerprint density at radius 3 is 2.14 bits per heavy atom. The van der Waals surface area contributed by atoms with Gasteiger partial charge in [-0.1, -0.05) is 48.0 Å². The van der Waals surface area contributed by atoms with Crippen LogP contribution in [0.5, 0.6) is 5.75 Å². The number of carbonyl (C=O) groups is 1. The summed E-state index contributed by atoms with van der Waals surface area (Å²) in [4.78, 5) is 15.2. The third-order valence-electron chi connectivity index (χ3n) is 4.42. The normalized spacial score (nSPS) is 12.0. The van der Waals surface area contributed by atoms with Crippen LogP contribution in [-0.2, 0) is 4.79 Å². The van der Waals surface area contributed by atoms with Gasteiger partial charge in [0.15, 0.2) is 0 Å². The van der Waals surface area contributed by atoms with Crippen molar-refractivity contribution in [2.45, 2.75) is 45.9 Å². The topological polar surface area (TPSA) is 41.6 Å². The van der Waals surface area contributed by atoms with E-state index in [1.54, 1.807) is 6.07 Å². The lowest BCUT2D eigenvalue weighted by molar-refractivity contribution is -0.128. The smallest absolute Gasteiger partial charge is 0.265 e. The van der Waals surface area contributed by atoms with Crippen LogP contribution < -0.4 is 10.1 Å². The first-order valence-electron chi connectivity index (χ1n) is 9.39. The predicted octanol–water partition coefficient (Wildman–Crippen LogP) is 5.12. The van der Waals surface area contributed by atoms with Crippen LogP contribution in [0.2, 0.25) is 5.02 Å². The molecule has 28 heavy (non-hydrogen) atoms. The number of rotatable bonds is 9. The van der Waals surface area contributed by atoms with Gasteiger partial charge in [0.2, 0.25) is 6.10 Å². The van der Waals surface area contributed by atoms with Gasteiger partial charge in [-0.2, -0.15) is 0 Å². The van der Waals surface area contributed by atoms with Crippen molar-refractivity contribution < 1.29 is 9.53 Å². The molecule has 0 saturated carbocycles. The quantitative estimate of drug-likeness (QED) is 0.607. The Balaban J connectivity index is 0.00000392. The number of ether oxygens (including phenoxy) is 1. The van der Waals surface area contributed by atoms with Crippen LogP contribution in [-0.4, -0.2) is 36.0 Å². The molecule has 2 rings (SSSR count). The largest absolute Gasteiger partial charge is 0.476 e. The van der Waals surface area contributed by atoms with Crippen LogP contribution >= 0.6 is 24.0 Å². The van der Waals surface area contributed by atoms with Crippen molar-refractivity contribution in [3.63, 3.8) is 0 Å². The highest BCUT2D eigenvalue weighted by molar-refractivity contribution is 6.31. The number of carbonyl (C=O) groups excluding carboxylic acids is 1. The van der Waals surface area contributed by atoms with Crippen molar-refractivity contribution in [2.75, 3.05) is 13.1 Å². The monoisotopic (exact) mass is 424 g/mol. The number of amides is 1. The highest BCUT2D eigenvalue weighted by Gasteiger charge is 2.25. The van der Waals surface area contributed by atoms with E-state index in [2.05, 4.69) is 37.9 Å². The molecule has 6 heteroatoms. The number of para-hydroxylation sites is 1. The second-order valence-corrected chi connectivity index (χ2v) is 7.46. The first-order chi connectivity index (χ1) is 12.9. The van der Waals surface area contributed by atoms with Gasteiger partial charge >= 0.3 is 0 Å². The summed E-state index contributed by atoms with van der Waals surface area (Å²) in [6, 6.07) is 17.4. The van der Waals surface area contributed by atoms with Gasteiger partial charge < -0.3 is 10.1 Å². The van der Waals surface area contributed by atoms with Gasteiger partial charge in [0, 0.05) is 35.8 Å². The van der Waals surface area contributed by atoms with Crippen LogP contribution in [0.4, 0.5) is 0 Å². The summed E-state index contributed by atoms with van der Waals surface area (Å²) in [6.45, 7) is 9.97. The number of nitrogens with one attached hydrogen (secondary N) is 1. The maximum atomic E-state index is 12.9. The minimum absolute atomic E-state index is 0. The molecule has 0 saturated heterocycles. The number of hydrogen-bond acceptors (Lipinski definition) is 3. The lowest BCUT2D eigenvalue weighted by atomic mass is 10.1. The Morgan fingerprint density at radius 2 is 1.57 bits per heavy atom. The molecule has 0 aliphatic heterocycles. The zero-order valence-electron chi connectivity index (χ0n) is 16.9. The SMILES string of the molecule is CC(C)N(CCNC(=O)C(Oc1ccccc1)c1ccccc1Cl)C(C)C.Cl. The lowest BCUT2D eigenvalue weighted by Gasteiger charge is -2.30. The average Bonchev–Trinajstić information content (AvgIpc) is 2.64. The Hall–Kier alpha value is -1.75. The first-order valence-corrected chi connectivity index (χ1v) is 9.77. The Kier molecular flexibility index (Phi) is 10.4. The van der Waals surface area contributed by atoms with Crippen molar-refractivity contribution in [3.05, 3.63) is 65.2 Å². The lowest BCUT2D eigenvalue weighted by Crippen LogP contribution is -2.43. The zero-order valence-corrected chi connectivity index (χ0v) is 18.5. The van der Waals surface area contributed by atoms with E-state index in [0.29, 0.717) is 35.0 Å². The molecule has 1 atom stereocenters. The van der Waals surface area contributed by atoms with E-state index in [1.165, 1.54) is 0 Å². The van der Waals surface area contributed by atoms with E-state index in [0.717, 1.165) is 6.54 Å². The molecule has 0 aliphatic rings. The van der Waals surface area contributed by atoms with E-state index in [-0.39, 0.29) is 18.3 Å². The molecule has 2 aromatic rings. The Morgan fingerprint density at radius 1 is 1.00 bits per heavy atom. The van der Waals surface area contributed by atoms with E-state index in [1.807, 2.05) is 48.5 Å². The predicted molar refractivity (Wildman–Crippen MR) is 118 cm³/mol. The van der Waals surface area contributed by atoms with Crippen LogP contribution in [0.15, 0.2) is 54.6 Å². The van der Waals surface area contributed by atoms with Crippen LogP contribution in [0.25, 0.3) is 0 Å². The number of benzene rings is 2. The third kappa shape index (κ3) is 7.01. The van der Waals surface area contributed by atoms with Crippen molar-refractivity contribution >= 4 is 29.9 Å². The molecule has 0 bridgehead atoms. The van der Waals surface area contributed by atoms with Gasteiger partial charge in [-0.3, -0.25) is 9.69 Å². The highest BCUT2D eigenvalue weighted by atomic mass is 35.5. The second-order valence-electron chi connectivity index (χ2n) is 7.05. The molecule has 1 amide bonds. The summed E-state index contributed by atoms with van der Waals surface area (Å²) in [7, 11) is 0. The summed E-state index contributed by atoms with van der Waals surface area (Å²) in [5.41, 5.74) is 0.657. The van der Waals surface area contributed by atoms with E-state index < -0.39 is 6.10 Å². The molecule has 0 aromatic heterocycles. The number of nitrogens with zero attached hydrogens (tertiary/aromatic N) is 1. The standard InChI is InChI=1S/C22H29ClN2O2.ClH/c1-16(2)25(17(3)4)15-14-24-22(26)21(19-12-8-9-13-20(19)23)27-18-10-6-5-7-11-18;/h5-13,16-17,21H,14-15H2,1-4H3,(H,24,26);1H. The van der Waals surface area contributed by atoms with Crippen LogP contribution in [0.1, 0.15) is 39.4 Å². The minimum Gasteiger partial charge on any atom is -0.476 e. The number of halogens is 2. The summed E-state index contributed by atoms with van der Waals surface area (Å²) >= 11 is 6.33. The zero-order chi connectivity index (χ0) is 19.8. The fraction of sp³-hybridized carbons (Fsp3) is 0.409. The molecule has 0 spiro atoms. The van der Waals surface area contributed by atoms with Gasteiger partial charge in [-0.15, -0.1) is 12.4 Å². The summed E-state index contributed by atoms with van der Waals surface area (Å²) in [5.74, 6) is 0.433. The number of hydrogen-bond donors (Lipinski definition) is 1. The summed E-state index contributed by atoms with van der Waals surface area (Å²) in [5, 5.41) is 3.52. The van der Waals surface area contributed by atoms with Crippen molar-refractivity contribution in [2.24, 2.45) is 0 Å². The van der Waals surface area contributed by atoms with Crippen molar-refractivity contribution in [3.8, 4) is 5.75 Å². The Labute approximate surface area is 179 Å².